The number of aliphatic hydroxyl groups is 1. The smallest absolute Gasteiger partial charge is 0.0871 e. The van der Waals surface area contributed by atoms with Crippen molar-refractivity contribution in [3.63, 3.8) is 0 Å². The molecule has 116 valence electrons. The molecule has 0 radical (unpaired) electrons. The maximum absolute atomic E-state index is 10.4. The molecule has 1 aromatic carbocycles. The van der Waals surface area contributed by atoms with Crippen LogP contribution in [0.1, 0.15) is 39.0 Å². The Kier molecular flexibility index (Phi) is 5.83. The van der Waals surface area contributed by atoms with Gasteiger partial charge in [-0.2, -0.15) is 0 Å². The summed E-state index contributed by atoms with van der Waals surface area (Å²) >= 11 is 0. The Balaban J connectivity index is 1.99. The van der Waals surface area contributed by atoms with Crippen molar-refractivity contribution in [3.05, 3.63) is 42.5 Å². The van der Waals surface area contributed by atoms with E-state index in [1.54, 1.807) is 0 Å². The molecule has 1 nitrogen and oxygen atoms in total. The van der Waals surface area contributed by atoms with Gasteiger partial charge in [-0.15, -0.1) is 0 Å². The van der Waals surface area contributed by atoms with Crippen LogP contribution in [0.4, 0.5) is 0 Å². The predicted octanol–water partition coefficient (Wildman–Crippen LogP) is 4.49. The summed E-state index contributed by atoms with van der Waals surface area (Å²) in [6.07, 6.45) is 10.4. The average Bonchev–Trinajstić information content (AvgIpc) is 2.53. The van der Waals surface area contributed by atoms with Crippen LogP contribution in [0, 0.1) is 5.92 Å². The van der Waals surface area contributed by atoms with Gasteiger partial charge in [0.25, 0.3) is 0 Å². The Labute approximate surface area is 131 Å². The van der Waals surface area contributed by atoms with Crippen molar-refractivity contribution >= 4 is 13.3 Å². The molecule has 0 spiro atoms. The molecule has 1 aliphatic rings. The molecule has 21 heavy (non-hydrogen) atoms. The Morgan fingerprint density at radius 2 is 1.67 bits per heavy atom. The van der Waals surface area contributed by atoms with Gasteiger partial charge < -0.3 is 5.11 Å². The van der Waals surface area contributed by atoms with E-state index in [2.05, 4.69) is 62.5 Å². The van der Waals surface area contributed by atoms with E-state index < -0.39 is 8.07 Å². The molecular weight excluding hydrogens is 272 g/mol. The van der Waals surface area contributed by atoms with Crippen molar-refractivity contribution in [1.29, 1.82) is 0 Å². The van der Waals surface area contributed by atoms with Crippen molar-refractivity contribution in [2.45, 2.75) is 63.8 Å². The Morgan fingerprint density at radius 3 is 2.29 bits per heavy atom. The summed E-state index contributed by atoms with van der Waals surface area (Å²) in [6, 6.07) is 10.9. The summed E-state index contributed by atoms with van der Waals surface area (Å²) in [5, 5.41) is 11.9. The predicted molar refractivity (Wildman–Crippen MR) is 94.7 cm³/mol. The van der Waals surface area contributed by atoms with Gasteiger partial charge in [0.2, 0.25) is 0 Å². The standard InChI is InChI=1S/C19H30OSi/c1-16(21(2,3)18-12-8-5-9-13-18)14-15-19(20)17-10-6-4-7-11-17/h5,8-9,12-17,19-20H,4,6-7,10-11H2,1-3H3/b15-14+. The highest BCUT2D eigenvalue weighted by Crippen LogP contribution is 2.28. The molecule has 1 aliphatic carbocycles. The molecule has 0 aromatic heterocycles. The van der Waals surface area contributed by atoms with Crippen molar-refractivity contribution in [1.82, 2.24) is 0 Å². The van der Waals surface area contributed by atoms with E-state index in [4.69, 9.17) is 0 Å². The molecule has 0 bridgehead atoms. The number of benzene rings is 1. The fourth-order valence-corrected chi connectivity index (χ4v) is 5.45. The maximum atomic E-state index is 10.4. The van der Waals surface area contributed by atoms with Crippen LogP contribution in [0.2, 0.25) is 18.6 Å². The molecule has 2 heteroatoms. The Bertz CT molecular complexity index is 446. The zero-order valence-electron chi connectivity index (χ0n) is 13.8. The molecule has 2 unspecified atom stereocenters. The molecule has 2 rings (SSSR count). The normalized spacial score (nSPS) is 20.6. The second-order valence-corrected chi connectivity index (χ2v) is 12.1. The fourth-order valence-electron chi connectivity index (χ4n) is 3.28. The van der Waals surface area contributed by atoms with Gasteiger partial charge in [-0.25, -0.2) is 0 Å². The molecule has 0 saturated heterocycles. The highest BCUT2D eigenvalue weighted by atomic mass is 28.3. The minimum absolute atomic E-state index is 0.242. The van der Waals surface area contributed by atoms with Gasteiger partial charge in [0, 0.05) is 0 Å². The van der Waals surface area contributed by atoms with Crippen LogP contribution in [-0.4, -0.2) is 19.3 Å². The van der Waals surface area contributed by atoms with Crippen molar-refractivity contribution in [2.24, 2.45) is 5.92 Å². The Hall–Kier alpha value is -0.863. The molecule has 0 heterocycles. The summed E-state index contributed by atoms with van der Waals surface area (Å²) in [5.74, 6) is 0.490. The minimum atomic E-state index is -1.50. The first kappa shape index (κ1) is 16.5. The van der Waals surface area contributed by atoms with Crippen LogP contribution >= 0.6 is 0 Å². The number of hydrogen-bond donors (Lipinski definition) is 1. The van der Waals surface area contributed by atoms with Gasteiger partial charge in [-0.1, -0.05) is 87.0 Å². The molecule has 0 amide bonds. The third-order valence-corrected chi connectivity index (χ3v) is 9.68. The minimum Gasteiger partial charge on any atom is -0.389 e. The summed E-state index contributed by atoms with van der Waals surface area (Å²) in [6.45, 7) is 7.15. The van der Waals surface area contributed by atoms with Gasteiger partial charge in [0.15, 0.2) is 0 Å². The van der Waals surface area contributed by atoms with E-state index in [1.807, 2.05) is 0 Å². The van der Waals surface area contributed by atoms with Crippen molar-refractivity contribution in [2.75, 3.05) is 0 Å². The van der Waals surface area contributed by atoms with Crippen LogP contribution in [-0.2, 0) is 0 Å². The van der Waals surface area contributed by atoms with Gasteiger partial charge >= 0.3 is 0 Å². The molecule has 2 atom stereocenters. The zero-order chi connectivity index (χ0) is 15.3. The molecule has 1 saturated carbocycles. The number of hydrogen-bond acceptors (Lipinski definition) is 1. The SMILES string of the molecule is CC(/C=C/C(O)C1CCCCC1)[Si](C)(C)c1ccccc1. The van der Waals surface area contributed by atoms with Gasteiger partial charge in [0.05, 0.1) is 14.2 Å². The van der Waals surface area contributed by atoms with E-state index in [1.165, 1.54) is 37.3 Å². The van der Waals surface area contributed by atoms with E-state index in [0.717, 1.165) is 0 Å². The Morgan fingerprint density at radius 1 is 1.05 bits per heavy atom. The largest absolute Gasteiger partial charge is 0.389 e. The first-order chi connectivity index (χ1) is 10.0. The maximum Gasteiger partial charge on any atom is 0.0871 e. The topological polar surface area (TPSA) is 20.2 Å². The lowest BCUT2D eigenvalue weighted by Crippen LogP contribution is -2.44. The highest BCUT2D eigenvalue weighted by molar-refractivity contribution is 6.91. The number of rotatable bonds is 5. The van der Waals surface area contributed by atoms with Crippen molar-refractivity contribution < 1.29 is 5.11 Å². The molecular formula is C19H30OSi. The fraction of sp³-hybridized carbons (Fsp3) is 0.579. The molecule has 0 aliphatic heterocycles. The third kappa shape index (κ3) is 4.30. The summed E-state index contributed by atoms with van der Waals surface area (Å²) in [7, 11) is -1.50. The summed E-state index contributed by atoms with van der Waals surface area (Å²) in [5.41, 5.74) is 0.540. The monoisotopic (exact) mass is 302 g/mol. The second kappa shape index (κ2) is 7.41. The van der Waals surface area contributed by atoms with Gasteiger partial charge in [-0.05, 0) is 24.3 Å². The van der Waals surface area contributed by atoms with Crippen LogP contribution in [0.15, 0.2) is 42.5 Å². The first-order valence-electron chi connectivity index (χ1n) is 8.43. The van der Waals surface area contributed by atoms with E-state index in [0.29, 0.717) is 11.5 Å². The van der Waals surface area contributed by atoms with Crippen LogP contribution in [0.25, 0.3) is 0 Å². The van der Waals surface area contributed by atoms with Crippen LogP contribution in [0.5, 0.6) is 0 Å². The highest BCUT2D eigenvalue weighted by Gasteiger charge is 2.29. The quantitative estimate of drug-likeness (QED) is 0.627. The molecule has 1 aromatic rings. The second-order valence-electron chi connectivity index (χ2n) is 7.15. The molecule has 1 fully saturated rings. The van der Waals surface area contributed by atoms with Crippen LogP contribution in [0.3, 0.4) is 0 Å². The zero-order valence-corrected chi connectivity index (χ0v) is 14.8. The lowest BCUT2D eigenvalue weighted by Gasteiger charge is -2.29. The summed E-state index contributed by atoms with van der Waals surface area (Å²) < 4.78 is 0. The van der Waals surface area contributed by atoms with E-state index in [-0.39, 0.29) is 6.10 Å². The third-order valence-electron chi connectivity index (χ3n) is 5.39. The summed E-state index contributed by atoms with van der Waals surface area (Å²) in [4.78, 5) is 0. The first-order valence-corrected chi connectivity index (χ1v) is 11.5. The van der Waals surface area contributed by atoms with Gasteiger partial charge in [-0.3, -0.25) is 0 Å². The lowest BCUT2D eigenvalue weighted by molar-refractivity contribution is 0.125. The van der Waals surface area contributed by atoms with E-state index in [9.17, 15) is 5.11 Å². The average molecular weight is 303 g/mol. The lowest BCUT2D eigenvalue weighted by atomic mass is 9.85. The number of aliphatic hydroxyl groups excluding tert-OH is 1. The van der Waals surface area contributed by atoms with E-state index >= 15 is 0 Å². The van der Waals surface area contributed by atoms with Crippen molar-refractivity contribution in [3.8, 4) is 0 Å². The molecule has 1 N–H and O–H groups in total. The number of allylic oxidation sites excluding steroid dienone is 1. The van der Waals surface area contributed by atoms with Crippen LogP contribution < -0.4 is 5.19 Å². The van der Waals surface area contributed by atoms with Gasteiger partial charge in [0.1, 0.15) is 0 Å².